The fourth-order valence-corrected chi connectivity index (χ4v) is 3.06. The van der Waals surface area contributed by atoms with Crippen molar-refractivity contribution in [3.63, 3.8) is 0 Å². The van der Waals surface area contributed by atoms with Gasteiger partial charge >= 0.3 is 15.8 Å². The maximum Gasteiger partial charge on any atom is 0.317 e. The molecule has 158 valence electrons. The summed E-state index contributed by atoms with van der Waals surface area (Å²) < 4.78 is 28.6. The Hall–Kier alpha value is -3.62. The number of nitro benzene ring substituents is 2. The number of rotatable bonds is 7. The number of hydrogen-bond acceptors (Lipinski definition) is 9. The topological polar surface area (TPSA) is 192 Å². The van der Waals surface area contributed by atoms with E-state index in [2.05, 4.69) is 14.5 Å². The highest BCUT2D eigenvalue weighted by molar-refractivity contribution is 7.86. The third-order valence-electron chi connectivity index (χ3n) is 3.44. The Balaban J connectivity index is 2.21. The Morgan fingerprint density at radius 2 is 1.80 bits per heavy atom. The van der Waals surface area contributed by atoms with Crippen LogP contribution in [0.1, 0.15) is 11.1 Å². The maximum atomic E-state index is 12.0. The lowest BCUT2D eigenvalue weighted by Crippen LogP contribution is -2.33. The van der Waals surface area contributed by atoms with Crippen molar-refractivity contribution >= 4 is 45.3 Å². The van der Waals surface area contributed by atoms with E-state index in [1.807, 2.05) is 5.48 Å². The standard InChI is InChI=1S/C15H13ClN6O7S/c1-9-2-4-10(5-3-9)30(27,28)29-20-15(17)19-18-8-11-13(21(23)24)7-6-12(16)14(11)22(25)26/h2-8H,1H3,(H3,17,19,20). The summed E-state index contributed by atoms with van der Waals surface area (Å²) in [5.74, 6) is -0.644. The summed E-state index contributed by atoms with van der Waals surface area (Å²) in [4.78, 5) is 20.3. The Kier molecular flexibility index (Phi) is 6.99. The van der Waals surface area contributed by atoms with Gasteiger partial charge in [-0.25, -0.2) is 5.48 Å². The third kappa shape index (κ3) is 5.47. The molecular weight excluding hydrogens is 444 g/mol. The highest BCUT2D eigenvalue weighted by atomic mass is 35.5. The lowest BCUT2D eigenvalue weighted by Gasteiger charge is -2.06. The van der Waals surface area contributed by atoms with Crippen LogP contribution >= 0.6 is 11.6 Å². The first kappa shape index (κ1) is 22.7. The van der Waals surface area contributed by atoms with E-state index in [1.165, 1.54) is 12.1 Å². The van der Waals surface area contributed by atoms with E-state index in [0.717, 1.165) is 17.7 Å². The maximum absolute atomic E-state index is 12.0. The summed E-state index contributed by atoms with van der Waals surface area (Å²) in [6.45, 7) is 1.77. The van der Waals surface area contributed by atoms with Crippen LogP contribution in [0.5, 0.6) is 0 Å². The molecule has 0 aromatic heterocycles. The molecular formula is C15H13ClN6O7S. The molecule has 0 atom stereocenters. The predicted octanol–water partition coefficient (Wildman–Crippen LogP) is 2.02. The van der Waals surface area contributed by atoms with Gasteiger partial charge < -0.3 is 5.73 Å². The van der Waals surface area contributed by atoms with Gasteiger partial charge in [0.15, 0.2) is 5.56 Å². The summed E-state index contributed by atoms with van der Waals surface area (Å²) in [5.41, 5.74) is 6.17. The molecule has 2 rings (SSSR count). The van der Waals surface area contributed by atoms with Crippen LogP contribution in [0.2, 0.25) is 5.02 Å². The summed E-state index contributed by atoms with van der Waals surface area (Å²) in [6.07, 6.45) is 0.686. The molecule has 0 aliphatic rings. The SMILES string of the molecule is Cc1ccc(S(=O)(=O)ONC(N)=NN=Cc2c([N+](=O)[O-])ccc(Cl)c2[N+](=O)[O-])cc1. The summed E-state index contributed by atoms with van der Waals surface area (Å²) >= 11 is 5.72. The van der Waals surface area contributed by atoms with E-state index in [-0.39, 0.29) is 9.92 Å². The van der Waals surface area contributed by atoms with Gasteiger partial charge in [-0.2, -0.15) is 13.5 Å². The lowest BCUT2D eigenvalue weighted by molar-refractivity contribution is -0.394. The molecule has 0 saturated carbocycles. The van der Waals surface area contributed by atoms with Gasteiger partial charge in [0.25, 0.3) is 5.69 Å². The molecule has 15 heteroatoms. The molecule has 0 fully saturated rings. The van der Waals surface area contributed by atoms with Crippen LogP contribution in [0.15, 0.2) is 51.5 Å². The summed E-state index contributed by atoms with van der Waals surface area (Å²) in [7, 11) is -4.21. The fraction of sp³-hybridized carbons (Fsp3) is 0.0667. The first-order valence-corrected chi connectivity index (χ1v) is 9.55. The van der Waals surface area contributed by atoms with Crippen molar-refractivity contribution in [3.8, 4) is 0 Å². The minimum absolute atomic E-state index is 0.151. The second-order valence-corrected chi connectivity index (χ2v) is 7.48. The molecule has 30 heavy (non-hydrogen) atoms. The summed E-state index contributed by atoms with van der Waals surface area (Å²) in [5, 5.41) is 28.6. The quantitative estimate of drug-likeness (QED) is 0.271. The minimum Gasteiger partial charge on any atom is -0.367 e. The highest BCUT2D eigenvalue weighted by Crippen LogP contribution is 2.33. The van der Waals surface area contributed by atoms with Crippen molar-refractivity contribution in [1.29, 1.82) is 0 Å². The van der Waals surface area contributed by atoms with Crippen molar-refractivity contribution < 1.29 is 22.5 Å². The van der Waals surface area contributed by atoms with Crippen LogP contribution in [-0.4, -0.2) is 30.4 Å². The Morgan fingerprint density at radius 1 is 1.17 bits per heavy atom. The van der Waals surface area contributed by atoms with E-state index in [0.29, 0.717) is 6.21 Å². The number of nitrogens with one attached hydrogen (secondary N) is 1. The molecule has 0 aliphatic heterocycles. The number of hydrogen-bond donors (Lipinski definition) is 2. The molecule has 2 aromatic rings. The van der Waals surface area contributed by atoms with Gasteiger partial charge in [0, 0.05) is 6.07 Å². The smallest absolute Gasteiger partial charge is 0.317 e. The molecule has 0 bridgehead atoms. The van der Waals surface area contributed by atoms with E-state index in [4.69, 9.17) is 17.3 Å². The van der Waals surface area contributed by atoms with Crippen molar-refractivity contribution in [2.24, 2.45) is 15.9 Å². The van der Waals surface area contributed by atoms with Crippen LogP contribution < -0.4 is 11.2 Å². The normalized spacial score (nSPS) is 12.1. The van der Waals surface area contributed by atoms with Crippen LogP contribution in [0.3, 0.4) is 0 Å². The average molecular weight is 457 g/mol. The zero-order chi connectivity index (χ0) is 22.5. The number of hydroxylamine groups is 1. The monoisotopic (exact) mass is 456 g/mol. The lowest BCUT2D eigenvalue weighted by atomic mass is 10.1. The average Bonchev–Trinajstić information content (AvgIpc) is 2.66. The number of nitrogens with two attached hydrogens (primary N) is 1. The molecule has 0 amide bonds. The van der Waals surface area contributed by atoms with E-state index < -0.39 is 42.9 Å². The van der Waals surface area contributed by atoms with Crippen LogP contribution in [0, 0.1) is 27.2 Å². The number of benzene rings is 2. The van der Waals surface area contributed by atoms with Gasteiger partial charge in [0.05, 0.1) is 21.0 Å². The Morgan fingerprint density at radius 3 is 2.37 bits per heavy atom. The zero-order valence-electron chi connectivity index (χ0n) is 15.1. The van der Waals surface area contributed by atoms with Gasteiger partial charge in [0.2, 0.25) is 5.96 Å². The molecule has 0 heterocycles. The van der Waals surface area contributed by atoms with Crippen molar-refractivity contribution in [1.82, 2.24) is 5.48 Å². The molecule has 3 N–H and O–H groups in total. The molecule has 0 unspecified atom stereocenters. The second-order valence-electron chi connectivity index (χ2n) is 5.53. The molecule has 0 radical (unpaired) electrons. The van der Waals surface area contributed by atoms with E-state index in [1.54, 1.807) is 19.1 Å². The number of halogens is 1. The van der Waals surface area contributed by atoms with Gasteiger partial charge in [-0.1, -0.05) is 29.3 Å². The molecule has 2 aromatic carbocycles. The minimum atomic E-state index is -4.21. The third-order valence-corrected chi connectivity index (χ3v) is 4.90. The number of nitro groups is 2. The number of guanidine groups is 1. The van der Waals surface area contributed by atoms with Crippen LogP contribution in [-0.2, 0) is 14.4 Å². The Bertz CT molecular complexity index is 1150. The largest absolute Gasteiger partial charge is 0.367 e. The number of aryl methyl sites for hydroxylation is 1. The molecule has 0 saturated heterocycles. The zero-order valence-corrected chi connectivity index (χ0v) is 16.6. The summed E-state index contributed by atoms with van der Waals surface area (Å²) in [6, 6.07) is 7.70. The van der Waals surface area contributed by atoms with Gasteiger partial charge in [-0.15, -0.1) is 9.39 Å². The van der Waals surface area contributed by atoms with Gasteiger partial charge in [-0.05, 0) is 25.1 Å². The molecule has 0 spiro atoms. The van der Waals surface area contributed by atoms with Crippen molar-refractivity contribution in [3.05, 3.63) is 72.8 Å². The van der Waals surface area contributed by atoms with Crippen LogP contribution in [0.25, 0.3) is 0 Å². The van der Waals surface area contributed by atoms with E-state index in [9.17, 15) is 28.6 Å². The predicted molar refractivity (Wildman–Crippen MR) is 107 cm³/mol. The first-order chi connectivity index (χ1) is 14.0. The fourth-order valence-electron chi connectivity index (χ4n) is 2.06. The highest BCUT2D eigenvalue weighted by Gasteiger charge is 2.27. The molecule has 0 aliphatic carbocycles. The second kappa shape index (κ2) is 9.25. The van der Waals surface area contributed by atoms with E-state index >= 15 is 0 Å². The van der Waals surface area contributed by atoms with Crippen LogP contribution in [0.4, 0.5) is 11.4 Å². The van der Waals surface area contributed by atoms with Gasteiger partial charge in [0.1, 0.15) is 5.02 Å². The van der Waals surface area contributed by atoms with Crippen molar-refractivity contribution in [2.75, 3.05) is 0 Å². The first-order valence-electron chi connectivity index (χ1n) is 7.77. The Labute approximate surface area is 174 Å². The number of nitrogens with zero attached hydrogens (tertiary/aromatic N) is 4. The van der Waals surface area contributed by atoms with Gasteiger partial charge in [-0.3, -0.25) is 20.2 Å². The van der Waals surface area contributed by atoms with Crippen molar-refractivity contribution in [2.45, 2.75) is 11.8 Å². The molecule has 13 nitrogen and oxygen atoms in total.